The van der Waals surface area contributed by atoms with Crippen LogP contribution >= 0.6 is 0 Å². The van der Waals surface area contributed by atoms with Crippen LogP contribution in [0.5, 0.6) is 0 Å². The van der Waals surface area contributed by atoms with Gasteiger partial charge in [-0.3, -0.25) is 15.1 Å². The van der Waals surface area contributed by atoms with Crippen molar-refractivity contribution in [3.8, 4) is 0 Å². The van der Waals surface area contributed by atoms with E-state index < -0.39 is 6.23 Å². The van der Waals surface area contributed by atoms with Gasteiger partial charge in [-0.15, -0.1) is 0 Å². The molecule has 0 spiro atoms. The van der Waals surface area contributed by atoms with E-state index in [1.54, 1.807) is 6.20 Å². The highest BCUT2D eigenvalue weighted by atomic mass is 16.3. The van der Waals surface area contributed by atoms with E-state index in [0.29, 0.717) is 26.1 Å². The second kappa shape index (κ2) is 11.4. The molecule has 2 aliphatic rings. The fourth-order valence-electron chi connectivity index (χ4n) is 5.08. The smallest absolute Gasteiger partial charge is 0.222 e. The monoisotopic (exact) mass is 445 g/mol. The van der Waals surface area contributed by atoms with Crippen LogP contribution in [0.4, 0.5) is 0 Å². The van der Waals surface area contributed by atoms with Gasteiger partial charge in [-0.2, -0.15) is 0 Å². The van der Waals surface area contributed by atoms with Gasteiger partial charge in [0.1, 0.15) is 6.23 Å². The Morgan fingerprint density at radius 2 is 1.88 bits per heavy atom. The van der Waals surface area contributed by atoms with Gasteiger partial charge in [0.2, 0.25) is 5.91 Å². The van der Waals surface area contributed by atoms with Crippen LogP contribution in [0.1, 0.15) is 43.4 Å². The van der Waals surface area contributed by atoms with Crippen molar-refractivity contribution >= 4 is 5.91 Å². The van der Waals surface area contributed by atoms with Crippen LogP contribution in [0.3, 0.4) is 0 Å². The van der Waals surface area contributed by atoms with Gasteiger partial charge < -0.3 is 10.0 Å². The largest absolute Gasteiger partial charge is 0.378 e. The van der Waals surface area contributed by atoms with Crippen LogP contribution < -0.4 is 5.32 Å². The first-order valence-electron chi connectivity index (χ1n) is 12.2. The first kappa shape index (κ1) is 23.4. The molecule has 0 radical (unpaired) electrons. The summed E-state index contributed by atoms with van der Waals surface area (Å²) in [6.07, 6.45) is 13.3. The van der Waals surface area contributed by atoms with Crippen LogP contribution in [0.25, 0.3) is 0 Å². The van der Waals surface area contributed by atoms with E-state index >= 15 is 0 Å². The van der Waals surface area contributed by atoms with E-state index in [2.05, 4.69) is 40.7 Å². The van der Waals surface area contributed by atoms with Crippen molar-refractivity contribution in [3.63, 3.8) is 0 Å². The van der Waals surface area contributed by atoms with Gasteiger partial charge in [-0.05, 0) is 49.8 Å². The summed E-state index contributed by atoms with van der Waals surface area (Å²) in [6.45, 7) is 2.05. The molecular formula is C28H35N3O2. The summed E-state index contributed by atoms with van der Waals surface area (Å²) in [7, 11) is 0. The Kier molecular flexibility index (Phi) is 8.08. The number of hydrogen-bond acceptors (Lipinski definition) is 4. The summed E-state index contributed by atoms with van der Waals surface area (Å²) in [4.78, 5) is 19.2. The lowest BCUT2D eigenvalue weighted by atomic mass is 9.68. The summed E-state index contributed by atoms with van der Waals surface area (Å²) in [5.41, 5.74) is 3.19. The maximum atomic E-state index is 12.9. The van der Waals surface area contributed by atoms with Gasteiger partial charge in [0.25, 0.3) is 0 Å². The summed E-state index contributed by atoms with van der Waals surface area (Å²) in [5.74, 6) is 0.211. The highest BCUT2D eigenvalue weighted by molar-refractivity contribution is 5.76. The van der Waals surface area contributed by atoms with Crippen molar-refractivity contribution in [2.24, 2.45) is 5.41 Å². The Balaban J connectivity index is 1.36. The van der Waals surface area contributed by atoms with Crippen molar-refractivity contribution in [2.45, 2.75) is 51.2 Å². The maximum Gasteiger partial charge on any atom is 0.222 e. The number of rotatable bonds is 9. The topological polar surface area (TPSA) is 65.5 Å². The highest BCUT2D eigenvalue weighted by Crippen LogP contribution is 2.44. The Bertz CT molecular complexity index is 948. The summed E-state index contributed by atoms with van der Waals surface area (Å²) < 4.78 is 0. The number of nitrogens with one attached hydrogen (secondary N) is 1. The SMILES string of the molecule is O=C(CCc1ccccc1)N1CCC(C2=CC=CCC2)(C(O)NCCc2ccccn2)CC1. The quantitative estimate of drug-likeness (QED) is 0.572. The van der Waals surface area contributed by atoms with Gasteiger partial charge in [0.05, 0.1) is 0 Å². The number of benzene rings is 1. The van der Waals surface area contributed by atoms with Gasteiger partial charge >= 0.3 is 0 Å². The molecule has 33 heavy (non-hydrogen) atoms. The van der Waals surface area contributed by atoms with Gasteiger partial charge in [-0.1, -0.05) is 60.2 Å². The molecule has 1 aliphatic carbocycles. The predicted octanol–water partition coefficient (Wildman–Crippen LogP) is 4.05. The predicted molar refractivity (Wildman–Crippen MR) is 131 cm³/mol. The summed E-state index contributed by atoms with van der Waals surface area (Å²) in [6, 6.07) is 16.1. The minimum absolute atomic E-state index is 0.211. The molecule has 2 aromatic rings. The minimum atomic E-state index is -0.638. The number of piperidine rings is 1. The first-order valence-corrected chi connectivity index (χ1v) is 12.2. The second-order valence-electron chi connectivity index (χ2n) is 9.11. The zero-order valence-corrected chi connectivity index (χ0v) is 19.3. The number of aryl methyl sites for hydroxylation is 1. The Morgan fingerprint density at radius 1 is 1.09 bits per heavy atom. The van der Waals surface area contributed by atoms with E-state index in [0.717, 1.165) is 44.2 Å². The Labute approximate surface area is 197 Å². The molecule has 1 amide bonds. The Hall–Kier alpha value is -2.76. The van der Waals surface area contributed by atoms with Crippen LogP contribution in [0.15, 0.2) is 78.5 Å². The number of pyridine rings is 1. The zero-order chi connectivity index (χ0) is 22.9. The van der Waals surface area contributed by atoms with Crippen LogP contribution in [-0.2, 0) is 17.6 Å². The molecule has 2 N–H and O–H groups in total. The van der Waals surface area contributed by atoms with E-state index in [1.807, 2.05) is 41.3 Å². The van der Waals surface area contributed by atoms with E-state index in [4.69, 9.17) is 0 Å². The molecule has 1 fully saturated rings. The molecule has 1 aliphatic heterocycles. The molecule has 5 nitrogen and oxygen atoms in total. The van der Waals surface area contributed by atoms with Gasteiger partial charge in [0.15, 0.2) is 0 Å². The third-order valence-electron chi connectivity index (χ3n) is 7.10. The van der Waals surface area contributed by atoms with Gasteiger partial charge in [0, 0.05) is 49.8 Å². The maximum absolute atomic E-state index is 12.9. The van der Waals surface area contributed by atoms with E-state index in [9.17, 15) is 9.90 Å². The standard InChI is InChI=1S/C28H35N3O2/c32-26(15-14-23-9-3-1-4-10-23)31-21-17-28(18-22-31,24-11-5-2-6-12-24)27(33)30-20-16-25-13-7-8-19-29-25/h1-5,7-11,13,19,27,30,33H,6,12,14-18,20-22H2. The normalized spacial score (nSPS) is 18.6. The minimum Gasteiger partial charge on any atom is -0.378 e. The number of allylic oxidation sites excluding steroid dienone is 3. The van der Waals surface area contributed by atoms with Crippen LogP contribution in [-0.4, -0.2) is 46.8 Å². The summed E-state index contributed by atoms with van der Waals surface area (Å²) >= 11 is 0. The number of nitrogens with zero attached hydrogens (tertiary/aromatic N) is 2. The molecule has 0 bridgehead atoms. The lowest BCUT2D eigenvalue weighted by molar-refractivity contribution is -0.134. The third kappa shape index (κ3) is 5.98. The van der Waals surface area contributed by atoms with Crippen molar-refractivity contribution in [1.82, 2.24) is 15.2 Å². The number of aromatic nitrogens is 1. The number of amides is 1. The number of aliphatic hydroxyl groups is 1. The average molecular weight is 446 g/mol. The number of likely N-dealkylation sites (tertiary alicyclic amines) is 1. The van der Waals surface area contributed by atoms with Gasteiger partial charge in [-0.25, -0.2) is 0 Å². The van der Waals surface area contributed by atoms with Crippen molar-refractivity contribution in [2.75, 3.05) is 19.6 Å². The number of aliphatic hydroxyl groups excluding tert-OH is 1. The second-order valence-corrected chi connectivity index (χ2v) is 9.11. The molecular weight excluding hydrogens is 410 g/mol. The molecule has 1 unspecified atom stereocenters. The Morgan fingerprint density at radius 3 is 2.58 bits per heavy atom. The van der Waals surface area contributed by atoms with Crippen molar-refractivity contribution < 1.29 is 9.90 Å². The molecule has 4 rings (SSSR count). The van der Waals surface area contributed by atoms with Crippen LogP contribution in [0, 0.1) is 5.41 Å². The number of carbonyl (C=O) groups excluding carboxylic acids is 1. The average Bonchev–Trinajstić information content (AvgIpc) is 2.89. The molecule has 174 valence electrons. The fraction of sp³-hybridized carbons (Fsp3) is 0.429. The lowest BCUT2D eigenvalue weighted by Crippen LogP contribution is -2.54. The van der Waals surface area contributed by atoms with Crippen molar-refractivity contribution in [1.29, 1.82) is 0 Å². The molecule has 1 saturated heterocycles. The molecule has 1 atom stereocenters. The molecule has 1 aromatic heterocycles. The highest BCUT2D eigenvalue weighted by Gasteiger charge is 2.44. The lowest BCUT2D eigenvalue weighted by Gasteiger charge is -2.47. The zero-order valence-electron chi connectivity index (χ0n) is 19.3. The van der Waals surface area contributed by atoms with E-state index in [1.165, 1.54) is 11.1 Å². The third-order valence-corrected chi connectivity index (χ3v) is 7.10. The van der Waals surface area contributed by atoms with E-state index in [-0.39, 0.29) is 11.3 Å². The molecule has 2 heterocycles. The molecule has 5 heteroatoms. The fourth-order valence-corrected chi connectivity index (χ4v) is 5.08. The number of hydrogen-bond donors (Lipinski definition) is 2. The first-order chi connectivity index (χ1) is 16.2. The van der Waals surface area contributed by atoms with Crippen LogP contribution in [0.2, 0.25) is 0 Å². The molecule has 1 aromatic carbocycles. The van der Waals surface area contributed by atoms with Crippen molar-refractivity contribution in [3.05, 3.63) is 89.8 Å². The number of carbonyl (C=O) groups is 1. The molecule has 0 saturated carbocycles. The summed E-state index contributed by atoms with van der Waals surface area (Å²) in [5, 5.41) is 14.7.